The molecular formula is C21H24ClN3S. The Kier molecular flexibility index (Phi) is 6.43. The molecule has 1 aliphatic rings. The largest absolute Gasteiger partial charge is 0.330 e. The number of rotatable bonds is 5. The molecule has 0 radical (unpaired) electrons. The summed E-state index contributed by atoms with van der Waals surface area (Å²) >= 11 is 1.79. The van der Waals surface area contributed by atoms with E-state index in [1.165, 1.54) is 16.0 Å². The normalized spacial score (nSPS) is 20.0. The highest BCUT2D eigenvalue weighted by atomic mass is 35.5. The van der Waals surface area contributed by atoms with Crippen LogP contribution in [-0.4, -0.2) is 29.5 Å². The lowest BCUT2D eigenvalue weighted by atomic mass is 9.89. The van der Waals surface area contributed by atoms with Gasteiger partial charge in [-0.05, 0) is 18.0 Å². The van der Waals surface area contributed by atoms with E-state index in [1.807, 2.05) is 12.3 Å². The van der Waals surface area contributed by atoms with Gasteiger partial charge >= 0.3 is 0 Å². The van der Waals surface area contributed by atoms with Crippen molar-refractivity contribution in [1.29, 1.82) is 0 Å². The Morgan fingerprint density at radius 1 is 1.00 bits per heavy atom. The average Bonchev–Trinajstić information content (AvgIpc) is 3.30. The second kappa shape index (κ2) is 8.78. The summed E-state index contributed by atoms with van der Waals surface area (Å²) < 4.78 is 0. The summed E-state index contributed by atoms with van der Waals surface area (Å²) in [6.45, 7) is 3.84. The zero-order valence-corrected chi connectivity index (χ0v) is 16.3. The van der Waals surface area contributed by atoms with Crippen molar-refractivity contribution in [2.24, 2.45) is 11.7 Å². The lowest BCUT2D eigenvalue weighted by Gasteiger charge is -2.16. The van der Waals surface area contributed by atoms with Gasteiger partial charge in [-0.3, -0.25) is 4.90 Å². The standard InChI is InChI=1S/C21H23N3S.ClH/c22-11-18-13-24(15-20(18)16-7-3-1-4-8-16)14-19-12-23-21(25-19)17-9-5-2-6-10-17;/h1-10,12,18,20H,11,13-15,22H2;1H/t18-,20+;/m1./s1. The van der Waals surface area contributed by atoms with Crippen LogP contribution in [0.15, 0.2) is 66.9 Å². The van der Waals surface area contributed by atoms with Crippen LogP contribution in [0.25, 0.3) is 10.6 Å². The maximum Gasteiger partial charge on any atom is 0.123 e. The fourth-order valence-corrected chi connectivity index (χ4v) is 4.68. The molecule has 1 aromatic heterocycles. The summed E-state index contributed by atoms with van der Waals surface area (Å²) in [6.07, 6.45) is 2.03. The minimum absolute atomic E-state index is 0. The van der Waals surface area contributed by atoms with Crippen molar-refractivity contribution in [2.75, 3.05) is 19.6 Å². The van der Waals surface area contributed by atoms with Gasteiger partial charge in [0.05, 0.1) is 0 Å². The molecule has 0 spiro atoms. The third kappa shape index (κ3) is 4.15. The first-order valence-electron chi connectivity index (χ1n) is 8.81. The van der Waals surface area contributed by atoms with E-state index < -0.39 is 0 Å². The van der Waals surface area contributed by atoms with Crippen molar-refractivity contribution in [2.45, 2.75) is 12.5 Å². The molecule has 3 aromatic rings. The maximum absolute atomic E-state index is 6.06. The molecule has 1 aliphatic heterocycles. The second-order valence-electron chi connectivity index (χ2n) is 6.70. The number of aromatic nitrogens is 1. The summed E-state index contributed by atoms with van der Waals surface area (Å²) in [7, 11) is 0. The Morgan fingerprint density at radius 3 is 2.38 bits per heavy atom. The van der Waals surface area contributed by atoms with Gasteiger partial charge in [-0.1, -0.05) is 60.7 Å². The van der Waals surface area contributed by atoms with Crippen molar-refractivity contribution in [3.8, 4) is 10.6 Å². The van der Waals surface area contributed by atoms with Gasteiger partial charge in [0.2, 0.25) is 0 Å². The second-order valence-corrected chi connectivity index (χ2v) is 7.82. The molecule has 0 aliphatic carbocycles. The highest BCUT2D eigenvalue weighted by molar-refractivity contribution is 7.15. The van der Waals surface area contributed by atoms with Crippen LogP contribution in [0.2, 0.25) is 0 Å². The van der Waals surface area contributed by atoms with E-state index in [-0.39, 0.29) is 12.4 Å². The lowest BCUT2D eigenvalue weighted by Crippen LogP contribution is -2.22. The van der Waals surface area contributed by atoms with Gasteiger partial charge in [0.25, 0.3) is 0 Å². The Balaban J connectivity index is 0.00000196. The van der Waals surface area contributed by atoms with Crippen LogP contribution in [0.5, 0.6) is 0 Å². The summed E-state index contributed by atoms with van der Waals surface area (Å²) in [5.41, 5.74) is 8.67. The van der Waals surface area contributed by atoms with Crippen molar-refractivity contribution < 1.29 is 0 Å². The van der Waals surface area contributed by atoms with Crippen molar-refractivity contribution in [1.82, 2.24) is 9.88 Å². The number of thiazole rings is 1. The van der Waals surface area contributed by atoms with Gasteiger partial charge < -0.3 is 5.73 Å². The highest BCUT2D eigenvalue weighted by Gasteiger charge is 2.32. The number of hydrogen-bond acceptors (Lipinski definition) is 4. The van der Waals surface area contributed by atoms with Gasteiger partial charge in [0.1, 0.15) is 5.01 Å². The Hall–Kier alpha value is -1.72. The van der Waals surface area contributed by atoms with Gasteiger partial charge in [-0.2, -0.15) is 0 Å². The van der Waals surface area contributed by atoms with E-state index in [4.69, 9.17) is 5.73 Å². The molecule has 0 saturated carbocycles. The van der Waals surface area contributed by atoms with Crippen LogP contribution in [0, 0.1) is 5.92 Å². The molecule has 0 unspecified atom stereocenters. The van der Waals surface area contributed by atoms with Crippen LogP contribution in [0.4, 0.5) is 0 Å². The van der Waals surface area contributed by atoms with Crippen molar-refractivity contribution in [3.05, 3.63) is 77.3 Å². The maximum atomic E-state index is 6.06. The molecule has 0 amide bonds. The fraction of sp³-hybridized carbons (Fsp3) is 0.286. The molecule has 3 nitrogen and oxygen atoms in total. The average molecular weight is 386 g/mol. The first-order valence-corrected chi connectivity index (χ1v) is 9.62. The Morgan fingerprint density at radius 2 is 1.69 bits per heavy atom. The molecular weight excluding hydrogens is 362 g/mol. The third-order valence-corrected chi connectivity index (χ3v) is 6.03. The van der Waals surface area contributed by atoms with Crippen molar-refractivity contribution >= 4 is 23.7 Å². The molecule has 1 saturated heterocycles. The Bertz CT molecular complexity index is 806. The van der Waals surface area contributed by atoms with E-state index in [9.17, 15) is 0 Å². The first-order chi connectivity index (χ1) is 12.3. The van der Waals surface area contributed by atoms with E-state index in [2.05, 4.69) is 64.5 Å². The molecule has 0 bridgehead atoms. The molecule has 5 heteroatoms. The van der Waals surface area contributed by atoms with Crippen LogP contribution in [-0.2, 0) is 6.54 Å². The summed E-state index contributed by atoms with van der Waals surface area (Å²) in [6, 6.07) is 21.2. The number of nitrogens with two attached hydrogens (primary N) is 1. The van der Waals surface area contributed by atoms with E-state index in [0.717, 1.165) is 31.2 Å². The van der Waals surface area contributed by atoms with Crippen LogP contribution < -0.4 is 5.73 Å². The van der Waals surface area contributed by atoms with Gasteiger partial charge in [0.15, 0.2) is 0 Å². The summed E-state index contributed by atoms with van der Waals surface area (Å²) in [5.74, 6) is 1.07. The molecule has 136 valence electrons. The first kappa shape index (κ1) is 19.1. The third-order valence-electron chi connectivity index (χ3n) is 5.00. The van der Waals surface area contributed by atoms with Gasteiger partial charge in [-0.15, -0.1) is 23.7 Å². The monoisotopic (exact) mass is 385 g/mol. The number of nitrogens with zero attached hydrogens (tertiary/aromatic N) is 2. The zero-order valence-electron chi connectivity index (χ0n) is 14.6. The molecule has 2 heterocycles. The quantitative estimate of drug-likeness (QED) is 0.707. The predicted octanol–water partition coefficient (Wildman–Crippen LogP) is 4.41. The zero-order chi connectivity index (χ0) is 17.1. The number of benzene rings is 2. The van der Waals surface area contributed by atoms with Crippen molar-refractivity contribution in [3.63, 3.8) is 0 Å². The number of hydrogen-bond donors (Lipinski definition) is 1. The fourth-order valence-electron chi connectivity index (χ4n) is 3.72. The topological polar surface area (TPSA) is 42.1 Å². The van der Waals surface area contributed by atoms with E-state index >= 15 is 0 Å². The van der Waals surface area contributed by atoms with E-state index in [0.29, 0.717) is 11.8 Å². The smallest absolute Gasteiger partial charge is 0.123 e. The van der Waals surface area contributed by atoms with Crippen LogP contribution >= 0.6 is 23.7 Å². The molecule has 26 heavy (non-hydrogen) atoms. The van der Waals surface area contributed by atoms with Gasteiger partial charge in [0, 0.05) is 42.2 Å². The summed E-state index contributed by atoms with van der Waals surface area (Å²) in [4.78, 5) is 8.46. The minimum atomic E-state index is 0. The molecule has 1 fully saturated rings. The Labute approximate surface area is 165 Å². The SMILES string of the molecule is Cl.NC[C@@H]1CN(Cc2cnc(-c3ccccc3)s2)C[C@H]1c1ccccc1. The number of likely N-dealkylation sites (tertiary alicyclic amines) is 1. The van der Waals surface area contributed by atoms with Gasteiger partial charge in [-0.25, -0.2) is 4.98 Å². The summed E-state index contributed by atoms with van der Waals surface area (Å²) in [5, 5.41) is 1.10. The number of halogens is 1. The predicted molar refractivity (Wildman–Crippen MR) is 112 cm³/mol. The van der Waals surface area contributed by atoms with E-state index in [1.54, 1.807) is 11.3 Å². The molecule has 4 rings (SSSR count). The molecule has 2 atom stereocenters. The van der Waals surface area contributed by atoms with Crippen LogP contribution in [0.3, 0.4) is 0 Å². The molecule has 2 aromatic carbocycles. The minimum Gasteiger partial charge on any atom is -0.330 e. The molecule has 2 N–H and O–H groups in total. The van der Waals surface area contributed by atoms with Crippen LogP contribution in [0.1, 0.15) is 16.4 Å². The lowest BCUT2D eigenvalue weighted by molar-refractivity contribution is 0.319. The highest BCUT2D eigenvalue weighted by Crippen LogP contribution is 2.34.